The van der Waals surface area contributed by atoms with Gasteiger partial charge < -0.3 is 10.1 Å². The fraction of sp³-hybridized carbons (Fsp3) is 0.600. The lowest BCUT2D eigenvalue weighted by Gasteiger charge is -2.30. The molecular weight excluding hydrogens is 288 g/mol. The first-order valence-electron chi connectivity index (χ1n) is 7.23. The minimum Gasteiger partial charge on any atom is -0.496 e. The van der Waals surface area contributed by atoms with Crippen molar-refractivity contribution in [2.75, 3.05) is 20.2 Å². The Kier molecular flexibility index (Phi) is 4.91. The normalized spacial score (nSPS) is 23.0. The van der Waals surface area contributed by atoms with Crippen molar-refractivity contribution in [1.29, 1.82) is 0 Å². The second-order valence-electron chi connectivity index (χ2n) is 5.79. The zero-order valence-electron chi connectivity index (χ0n) is 13.1. The Hall–Kier alpha value is -1.11. The lowest BCUT2D eigenvalue weighted by molar-refractivity contribution is 0.327. The summed E-state index contributed by atoms with van der Waals surface area (Å²) in [6.07, 6.45) is 0.980. The number of rotatable bonds is 4. The summed E-state index contributed by atoms with van der Waals surface area (Å²) < 4.78 is 33.2. The van der Waals surface area contributed by atoms with Gasteiger partial charge in [-0.05, 0) is 56.0 Å². The number of piperidine rings is 1. The van der Waals surface area contributed by atoms with E-state index in [-0.39, 0.29) is 6.04 Å². The van der Waals surface area contributed by atoms with E-state index in [0.29, 0.717) is 17.4 Å². The first-order chi connectivity index (χ1) is 9.85. The third kappa shape index (κ3) is 3.56. The van der Waals surface area contributed by atoms with Crippen molar-refractivity contribution < 1.29 is 13.2 Å². The van der Waals surface area contributed by atoms with Crippen LogP contribution in [0, 0.1) is 19.8 Å². The monoisotopic (exact) mass is 312 g/mol. The van der Waals surface area contributed by atoms with E-state index in [1.54, 1.807) is 19.2 Å². The van der Waals surface area contributed by atoms with Crippen LogP contribution in [0.2, 0.25) is 0 Å². The number of aryl methyl sites for hydroxylation is 2. The van der Waals surface area contributed by atoms with Crippen LogP contribution in [0.25, 0.3) is 0 Å². The second kappa shape index (κ2) is 6.34. The van der Waals surface area contributed by atoms with E-state index in [1.165, 1.54) is 0 Å². The smallest absolute Gasteiger partial charge is 0.240 e. The molecule has 6 heteroatoms. The minimum absolute atomic E-state index is 0.0635. The molecule has 1 saturated heterocycles. The highest BCUT2D eigenvalue weighted by atomic mass is 32.2. The number of benzene rings is 1. The molecule has 0 saturated carbocycles. The number of hydrogen-bond donors (Lipinski definition) is 2. The Balaban J connectivity index is 2.27. The minimum atomic E-state index is -3.51. The third-order valence-corrected chi connectivity index (χ3v) is 5.55. The van der Waals surface area contributed by atoms with E-state index in [2.05, 4.69) is 17.0 Å². The van der Waals surface area contributed by atoms with Gasteiger partial charge in [-0.15, -0.1) is 0 Å². The summed E-state index contributed by atoms with van der Waals surface area (Å²) in [5.41, 5.74) is 1.65. The molecule has 2 rings (SSSR count). The van der Waals surface area contributed by atoms with Crippen LogP contribution in [0.15, 0.2) is 17.0 Å². The Morgan fingerprint density at radius 3 is 2.43 bits per heavy atom. The molecule has 2 atom stereocenters. The van der Waals surface area contributed by atoms with Crippen molar-refractivity contribution in [2.24, 2.45) is 5.92 Å². The van der Waals surface area contributed by atoms with E-state index in [9.17, 15) is 8.42 Å². The van der Waals surface area contributed by atoms with Gasteiger partial charge in [-0.1, -0.05) is 6.92 Å². The van der Waals surface area contributed by atoms with Gasteiger partial charge in [-0.3, -0.25) is 0 Å². The molecule has 1 fully saturated rings. The summed E-state index contributed by atoms with van der Waals surface area (Å²) in [5, 5.41) is 3.23. The van der Waals surface area contributed by atoms with E-state index >= 15 is 0 Å². The van der Waals surface area contributed by atoms with Gasteiger partial charge in [0.25, 0.3) is 0 Å². The van der Waals surface area contributed by atoms with Crippen molar-refractivity contribution in [3.63, 3.8) is 0 Å². The van der Waals surface area contributed by atoms with Crippen molar-refractivity contribution >= 4 is 10.0 Å². The highest BCUT2D eigenvalue weighted by molar-refractivity contribution is 7.89. The molecular formula is C15H24N2O3S. The van der Waals surface area contributed by atoms with Gasteiger partial charge in [0.1, 0.15) is 5.75 Å². The molecule has 0 aromatic heterocycles. The standard InChI is InChI=1S/C15H24N2O3S/c1-10-5-6-16-9-14(10)17-21(18,19)13-7-11(2)15(20-4)12(3)8-13/h7-8,10,14,16-17H,5-6,9H2,1-4H3. The van der Waals surface area contributed by atoms with Gasteiger partial charge in [-0.25, -0.2) is 13.1 Å². The van der Waals surface area contributed by atoms with Crippen LogP contribution in [0.4, 0.5) is 0 Å². The van der Waals surface area contributed by atoms with Crippen LogP contribution < -0.4 is 14.8 Å². The summed E-state index contributed by atoms with van der Waals surface area (Å²) in [7, 11) is -1.91. The lowest BCUT2D eigenvalue weighted by Crippen LogP contribution is -2.50. The van der Waals surface area contributed by atoms with Gasteiger partial charge >= 0.3 is 0 Å². The van der Waals surface area contributed by atoms with Crippen molar-refractivity contribution in [3.05, 3.63) is 23.3 Å². The zero-order chi connectivity index (χ0) is 15.6. The van der Waals surface area contributed by atoms with Gasteiger partial charge in [0.2, 0.25) is 10.0 Å². The molecule has 0 amide bonds. The van der Waals surface area contributed by atoms with E-state index < -0.39 is 10.0 Å². The van der Waals surface area contributed by atoms with Gasteiger partial charge in [0.15, 0.2) is 0 Å². The average Bonchev–Trinajstić information content (AvgIpc) is 2.41. The van der Waals surface area contributed by atoms with Crippen LogP contribution in [-0.2, 0) is 10.0 Å². The fourth-order valence-corrected chi connectivity index (χ4v) is 4.32. The lowest BCUT2D eigenvalue weighted by atomic mass is 9.96. The highest BCUT2D eigenvalue weighted by Crippen LogP contribution is 2.27. The molecule has 0 spiro atoms. The third-order valence-electron chi connectivity index (χ3n) is 4.08. The van der Waals surface area contributed by atoms with Crippen molar-refractivity contribution in [1.82, 2.24) is 10.0 Å². The van der Waals surface area contributed by atoms with Gasteiger partial charge in [0, 0.05) is 12.6 Å². The molecule has 0 radical (unpaired) electrons. The molecule has 1 aromatic carbocycles. The molecule has 1 aliphatic rings. The maximum atomic E-state index is 12.6. The van der Waals surface area contributed by atoms with Crippen LogP contribution in [0.1, 0.15) is 24.5 Å². The number of ether oxygens (including phenoxy) is 1. The second-order valence-corrected chi connectivity index (χ2v) is 7.50. The predicted molar refractivity (Wildman–Crippen MR) is 83.2 cm³/mol. The number of sulfonamides is 1. The molecule has 1 aliphatic heterocycles. The summed E-state index contributed by atoms with van der Waals surface area (Å²) in [6, 6.07) is 3.26. The Labute approximate surface area is 127 Å². The molecule has 0 bridgehead atoms. The Bertz CT molecular complexity index is 590. The molecule has 1 heterocycles. The van der Waals surface area contributed by atoms with Crippen LogP contribution in [0.3, 0.4) is 0 Å². The van der Waals surface area contributed by atoms with Crippen LogP contribution >= 0.6 is 0 Å². The van der Waals surface area contributed by atoms with Crippen LogP contribution in [0.5, 0.6) is 5.75 Å². The highest BCUT2D eigenvalue weighted by Gasteiger charge is 2.27. The summed E-state index contributed by atoms with van der Waals surface area (Å²) in [6.45, 7) is 7.42. The Morgan fingerprint density at radius 1 is 1.29 bits per heavy atom. The largest absolute Gasteiger partial charge is 0.496 e. The maximum absolute atomic E-state index is 12.6. The first kappa shape index (κ1) is 16.3. The molecule has 21 heavy (non-hydrogen) atoms. The molecule has 5 nitrogen and oxygen atoms in total. The number of methoxy groups -OCH3 is 1. The topological polar surface area (TPSA) is 67.4 Å². The summed E-state index contributed by atoms with van der Waals surface area (Å²) >= 11 is 0. The molecule has 2 unspecified atom stereocenters. The quantitative estimate of drug-likeness (QED) is 0.886. The van der Waals surface area contributed by atoms with Crippen molar-refractivity contribution in [2.45, 2.75) is 38.1 Å². The average molecular weight is 312 g/mol. The van der Waals surface area contributed by atoms with Crippen molar-refractivity contribution in [3.8, 4) is 5.75 Å². The predicted octanol–water partition coefficient (Wildman–Crippen LogP) is 1.59. The molecule has 1 aromatic rings. The molecule has 0 aliphatic carbocycles. The van der Waals surface area contributed by atoms with Crippen LogP contribution in [-0.4, -0.2) is 34.7 Å². The van der Waals surface area contributed by atoms with E-state index in [1.807, 2.05) is 13.8 Å². The summed E-state index contributed by atoms with van der Waals surface area (Å²) in [5.74, 6) is 1.07. The maximum Gasteiger partial charge on any atom is 0.240 e. The van der Waals surface area contributed by atoms with E-state index in [4.69, 9.17) is 4.74 Å². The van der Waals surface area contributed by atoms with Gasteiger partial charge in [0.05, 0.1) is 12.0 Å². The number of hydrogen-bond acceptors (Lipinski definition) is 4. The Morgan fingerprint density at radius 2 is 1.90 bits per heavy atom. The van der Waals surface area contributed by atoms with Gasteiger partial charge in [-0.2, -0.15) is 0 Å². The first-order valence-corrected chi connectivity index (χ1v) is 8.71. The number of nitrogens with one attached hydrogen (secondary N) is 2. The van der Waals surface area contributed by atoms with E-state index in [0.717, 1.165) is 29.8 Å². The zero-order valence-corrected chi connectivity index (χ0v) is 13.9. The molecule has 2 N–H and O–H groups in total. The summed E-state index contributed by atoms with van der Waals surface area (Å²) in [4.78, 5) is 0.302. The SMILES string of the molecule is COc1c(C)cc(S(=O)(=O)NC2CNCCC2C)cc1C. The molecule has 118 valence electrons. The fourth-order valence-electron chi connectivity index (χ4n) is 2.80.